The molecule has 4 aromatic carbocycles. The van der Waals surface area contributed by atoms with Crippen LogP contribution in [-0.2, 0) is 29.6 Å². The minimum atomic E-state index is -4.33. The molecule has 12 nitrogen and oxygen atoms in total. The maximum atomic E-state index is 13.7. The molecule has 0 heterocycles. The lowest BCUT2D eigenvalue weighted by molar-refractivity contribution is -0.117. The Morgan fingerprint density at radius 1 is 0.659 bits per heavy atom. The first kappa shape index (κ1) is 29.2. The smallest absolute Gasteiger partial charge is 0.264 e. The molecule has 6 N–H and O–H groups in total. The standard InChI is InChI=1S/C27H27N5O7S2/c1-39-19-8-12-21(13-9-19)41(37,38)32(17-27(30)34)25-15-14-24(22-4-2-3-5-23(22)25)31(16-26(29)33)40(35,36)20-10-6-18(28)7-11-20/h2-15H,16-17,28H2,1H3,(H2,29,33)(H2,30,34). The molecule has 214 valence electrons. The lowest BCUT2D eigenvalue weighted by Crippen LogP contribution is -2.39. The monoisotopic (exact) mass is 597 g/mol. The van der Waals surface area contributed by atoms with E-state index in [9.17, 15) is 26.4 Å². The van der Waals surface area contributed by atoms with Gasteiger partial charge in [0, 0.05) is 16.5 Å². The summed E-state index contributed by atoms with van der Waals surface area (Å²) in [5.41, 5.74) is 17.0. The van der Waals surface area contributed by atoms with E-state index < -0.39 is 45.0 Å². The molecule has 0 atom stereocenters. The van der Waals surface area contributed by atoms with E-state index in [0.29, 0.717) is 11.4 Å². The van der Waals surface area contributed by atoms with E-state index in [1.54, 1.807) is 24.3 Å². The molecule has 0 bridgehead atoms. The maximum absolute atomic E-state index is 13.7. The zero-order valence-electron chi connectivity index (χ0n) is 21.8. The molecule has 14 heteroatoms. The van der Waals surface area contributed by atoms with Gasteiger partial charge in [-0.05, 0) is 60.7 Å². The Bertz CT molecular complexity index is 1830. The van der Waals surface area contributed by atoms with Crippen molar-refractivity contribution in [1.82, 2.24) is 0 Å². The van der Waals surface area contributed by atoms with Crippen molar-refractivity contribution in [3.8, 4) is 5.75 Å². The van der Waals surface area contributed by atoms with Gasteiger partial charge < -0.3 is 21.9 Å². The number of primary amides is 2. The van der Waals surface area contributed by atoms with E-state index in [4.69, 9.17) is 21.9 Å². The molecule has 2 amide bonds. The molecule has 0 spiro atoms. The molecule has 0 fully saturated rings. The summed E-state index contributed by atoms with van der Waals surface area (Å²) < 4.78 is 61.6. The SMILES string of the molecule is COc1ccc(S(=O)(=O)N(CC(N)=O)c2ccc(N(CC(N)=O)S(=O)(=O)c3ccc(N)cc3)c3ccccc23)cc1. The van der Waals surface area contributed by atoms with Gasteiger partial charge in [0.25, 0.3) is 20.0 Å². The van der Waals surface area contributed by atoms with E-state index in [-0.39, 0.29) is 31.9 Å². The van der Waals surface area contributed by atoms with Crippen LogP contribution in [0.5, 0.6) is 5.75 Å². The summed E-state index contributed by atoms with van der Waals surface area (Å²) in [4.78, 5) is 23.8. The quantitative estimate of drug-likeness (QED) is 0.218. The molecule has 0 saturated carbocycles. The Morgan fingerprint density at radius 2 is 1.05 bits per heavy atom. The first-order chi connectivity index (χ1) is 19.4. The molecule has 0 radical (unpaired) electrons. The second kappa shape index (κ2) is 11.3. The van der Waals surface area contributed by atoms with Crippen molar-refractivity contribution in [1.29, 1.82) is 0 Å². The fourth-order valence-electron chi connectivity index (χ4n) is 4.23. The topological polar surface area (TPSA) is 196 Å². The average Bonchev–Trinajstić information content (AvgIpc) is 2.94. The van der Waals surface area contributed by atoms with Crippen LogP contribution in [0.15, 0.2) is 94.7 Å². The van der Waals surface area contributed by atoms with Gasteiger partial charge in [0.2, 0.25) is 11.8 Å². The molecule has 0 aliphatic carbocycles. The van der Waals surface area contributed by atoms with E-state index in [1.165, 1.54) is 67.8 Å². The molecule has 0 aromatic heterocycles. The zero-order chi connectivity index (χ0) is 29.9. The molecule has 0 aliphatic heterocycles. The molecule has 0 saturated heterocycles. The van der Waals surface area contributed by atoms with Crippen LogP contribution in [0.4, 0.5) is 17.1 Å². The van der Waals surface area contributed by atoms with Crippen molar-refractivity contribution in [2.45, 2.75) is 9.79 Å². The number of amides is 2. The van der Waals surface area contributed by atoms with Crippen LogP contribution in [0, 0.1) is 0 Å². The van der Waals surface area contributed by atoms with Crippen molar-refractivity contribution in [3.05, 3.63) is 84.9 Å². The van der Waals surface area contributed by atoms with Crippen molar-refractivity contribution in [2.24, 2.45) is 11.5 Å². The number of anilines is 3. The van der Waals surface area contributed by atoms with Crippen molar-refractivity contribution in [3.63, 3.8) is 0 Å². The summed E-state index contributed by atoms with van der Waals surface area (Å²) in [5, 5.41) is 0.537. The Kier molecular flexibility index (Phi) is 8.07. The number of carbonyl (C=O) groups excluding carboxylic acids is 2. The molecule has 41 heavy (non-hydrogen) atoms. The summed E-state index contributed by atoms with van der Waals surface area (Å²) in [5.74, 6) is -1.41. The largest absolute Gasteiger partial charge is 0.497 e. The van der Waals surface area contributed by atoms with Crippen LogP contribution in [0.3, 0.4) is 0 Å². The van der Waals surface area contributed by atoms with Crippen molar-refractivity contribution in [2.75, 3.05) is 34.5 Å². The van der Waals surface area contributed by atoms with Gasteiger partial charge in [-0.25, -0.2) is 16.8 Å². The number of nitrogens with two attached hydrogens (primary N) is 3. The number of rotatable bonds is 11. The third kappa shape index (κ3) is 5.88. The summed E-state index contributed by atoms with van der Waals surface area (Å²) in [6.07, 6.45) is 0. The number of benzene rings is 4. The summed E-state index contributed by atoms with van der Waals surface area (Å²) >= 11 is 0. The number of hydrogen-bond acceptors (Lipinski definition) is 8. The average molecular weight is 598 g/mol. The van der Waals surface area contributed by atoms with Gasteiger partial charge in [0.1, 0.15) is 18.8 Å². The van der Waals surface area contributed by atoms with Crippen molar-refractivity contribution >= 4 is 59.7 Å². The highest BCUT2D eigenvalue weighted by molar-refractivity contribution is 7.93. The van der Waals surface area contributed by atoms with Crippen LogP contribution in [0.1, 0.15) is 0 Å². The lowest BCUT2D eigenvalue weighted by Gasteiger charge is -2.28. The van der Waals surface area contributed by atoms with E-state index in [2.05, 4.69) is 0 Å². The van der Waals surface area contributed by atoms with Gasteiger partial charge in [-0.2, -0.15) is 0 Å². The van der Waals surface area contributed by atoms with Crippen LogP contribution >= 0.6 is 0 Å². The first-order valence-electron chi connectivity index (χ1n) is 12.0. The second-order valence-electron chi connectivity index (χ2n) is 8.85. The maximum Gasteiger partial charge on any atom is 0.264 e. The summed E-state index contributed by atoms with van der Waals surface area (Å²) in [7, 11) is -7.23. The van der Waals surface area contributed by atoms with Crippen LogP contribution in [-0.4, -0.2) is 48.8 Å². The third-order valence-electron chi connectivity index (χ3n) is 6.13. The number of methoxy groups -OCH3 is 1. The Balaban J connectivity index is 1.93. The second-order valence-corrected chi connectivity index (χ2v) is 12.6. The molecule has 4 aromatic rings. The number of ether oxygens (including phenoxy) is 1. The fourth-order valence-corrected chi connectivity index (χ4v) is 7.13. The van der Waals surface area contributed by atoms with Gasteiger partial charge in [-0.1, -0.05) is 24.3 Å². The van der Waals surface area contributed by atoms with Crippen LogP contribution < -0.4 is 30.5 Å². The predicted molar refractivity (Wildman–Crippen MR) is 155 cm³/mol. The third-order valence-corrected chi connectivity index (χ3v) is 9.68. The minimum Gasteiger partial charge on any atom is -0.497 e. The Labute approximate surface area is 237 Å². The summed E-state index contributed by atoms with van der Waals surface area (Å²) in [6, 6.07) is 20.0. The van der Waals surface area contributed by atoms with Gasteiger partial charge in [0.05, 0.1) is 28.3 Å². The van der Waals surface area contributed by atoms with Gasteiger partial charge in [0.15, 0.2) is 0 Å². The van der Waals surface area contributed by atoms with E-state index in [0.717, 1.165) is 8.61 Å². The number of carbonyl (C=O) groups is 2. The number of nitrogen functional groups attached to an aromatic ring is 1. The molecule has 0 aliphatic rings. The fraction of sp³-hybridized carbons (Fsp3) is 0.111. The Morgan fingerprint density at radius 3 is 1.41 bits per heavy atom. The molecule has 4 rings (SSSR count). The molecular formula is C27H27N5O7S2. The van der Waals surface area contributed by atoms with Crippen LogP contribution in [0.2, 0.25) is 0 Å². The van der Waals surface area contributed by atoms with Gasteiger partial charge in [-0.15, -0.1) is 0 Å². The highest BCUT2D eigenvalue weighted by atomic mass is 32.2. The zero-order valence-corrected chi connectivity index (χ0v) is 23.4. The molecular weight excluding hydrogens is 570 g/mol. The van der Waals surface area contributed by atoms with Gasteiger partial charge >= 0.3 is 0 Å². The minimum absolute atomic E-state index is 0.0563. The molecule has 0 unspecified atom stereocenters. The highest BCUT2D eigenvalue weighted by Crippen LogP contribution is 2.38. The number of fused-ring (bicyclic) bond motifs is 1. The lowest BCUT2D eigenvalue weighted by atomic mass is 10.1. The van der Waals surface area contributed by atoms with Gasteiger partial charge in [-0.3, -0.25) is 18.2 Å². The predicted octanol–water partition coefficient (Wildman–Crippen LogP) is 1.79. The number of nitrogens with zero attached hydrogens (tertiary/aromatic N) is 2. The van der Waals surface area contributed by atoms with Crippen LogP contribution in [0.25, 0.3) is 10.8 Å². The van der Waals surface area contributed by atoms with Crippen molar-refractivity contribution < 1.29 is 31.2 Å². The van der Waals surface area contributed by atoms with E-state index in [1.807, 2.05) is 0 Å². The number of hydrogen-bond donors (Lipinski definition) is 3. The Hall–Kier alpha value is -4.82. The highest BCUT2D eigenvalue weighted by Gasteiger charge is 2.31. The summed E-state index contributed by atoms with van der Waals surface area (Å²) in [6.45, 7) is -1.41. The number of sulfonamides is 2. The normalized spacial score (nSPS) is 11.6. The van der Waals surface area contributed by atoms with E-state index >= 15 is 0 Å². The first-order valence-corrected chi connectivity index (χ1v) is 14.9.